The molecule has 1 unspecified atom stereocenters. The minimum Gasteiger partial charge on any atom is -0.468 e. The average Bonchev–Trinajstić information content (AvgIpc) is 3.36. The maximum Gasteiger partial charge on any atom is 0.322 e. The maximum atomic E-state index is 11.7. The SMILES string of the molecule is COC(=O)[C@@H](N)CC[C@@H](C[C@H]1O[C@@H](n2cnc3c(N)ncnc32)C(O)[C@H]1O)NCCNC(=N)N. The van der Waals surface area contributed by atoms with Crippen molar-refractivity contribution in [1.82, 2.24) is 30.2 Å². The zero-order valence-electron chi connectivity index (χ0n) is 18.8. The first kappa shape index (κ1) is 25.5. The van der Waals surface area contributed by atoms with Crippen LogP contribution < -0.4 is 27.8 Å². The van der Waals surface area contributed by atoms with E-state index in [4.69, 9.17) is 27.3 Å². The molecular formula is C19H32N10O5. The number of nitrogens with one attached hydrogen (secondary N) is 3. The van der Waals surface area contributed by atoms with E-state index in [2.05, 4.69) is 30.3 Å². The van der Waals surface area contributed by atoms with Crippen LogP contribution in [0.4, 0.5) is 5.82 Å². The number of fused-ring (bicyclic) bond motifs is 1. The summed E-state index contributed by atoms with van der Waals surface area (Å²) in [6.07, 6.45) is -0.260. The number of methoxy groups -OCH3 is 1. The lowest BCUT2D eigenvalue weighted by Crippen LogP contribution is -2.43. The summed E-state index contributed by atoms with van der Waals surface area (Å²) in [5, 5.41) is 34.6. The van der Waals surface area contributed by atoms with E-state index in [1.165, 1.54) is 24.3 Å². The lowest BCUT2D eigenvalue weighted by molar-refractivity contribution is -0.142. The molecule has 2 aromatic heterocycles. The summed E-state index contributed by atoms with van der Waals surface area (Å²) in [6.45, 7) is 0.852. The predicted octanol–water partition coefficient (Wildman–Crippen LogP) is -2.86. The molecule has 15 nitrogen and oxygen atoms in total. The standard InChI is InChI=1S/C19H32N10O5/c1-33-18(32)10(20)3-2-9(24-4-5-25-19(22)23)6-11-13(30)14(31)17(34-11)29-8-28-12-15(21)26-7-27-16(12)29/h7-11,13-14,17,24,30-31H,2-6,20H2,1H3,(H2,21,26,27)(H4,22,23,25)/t9-,10-,11+,13-,14?,17+/m0/s1. The van der Waals surface area contributed by atoms with Crippen LogP contribution in [-0.4, -0.2) is 92.3 Å². The van der Waals surface area contributed by atoms with Crippen LogP contribution >= 0.6 is 0 Å². The van der Waals surface area contributed by atoms with Gasteiger partial charge in [-0.1, -0.05) is 0 Å². The highest BCUT2D eigenvalue weighted by Gasteiger charge is 2.45. The first-order valence-electron chi connectivity index (χ1n) is 10.8. The molecule has 3 heterocycles. The topological polar surface area (TPSA) is 246 Å². The van der Waals surface area contributed by atoms with Gasteiger partial charge in [0.15, 0.2) is 23.7 Å². The van der Waals surface area contributed by atoms with E-state index in [9.17, 15) is 15.0 Å². The molecule has 1 aliphatic rings. The van der Waals surface area contributed by atoms with Gasteiger partial charge >= 0.3 is 5.97 Å². The number of hydrogen-bond donors (Lipinski definition) is 8. The number of nitrogens with two attached hydrogens (primary N) is 3. The molecule has 1 aliphatic heterocycles. The highest BCUT2D eigenvalue weighted by atomic mass is 16.6. The summed E-state index contributed by atoms with van der Waals surface area (Å²) in [7, 11) is 1.27. The van der Waals surface area contributed by atoms with E-state index in [-0.39, 0.29) is 17.8 Å². The molecule has 2 aromatic rings. The van der Waals surface area contributed by atoms with Crippen molar-refractivity contribution in [1.29, 1.82) is 5.41 Å². The number of hydrogen-bond acceptors (Lipinski definition) is 12. The van der Waals surface area contributed by atoms with E-state index >= 15 is 0 Å². The first-order valence-corrected chi connectivity index (χ1v) is 10.8. The first-order chi connectivity index (χ1) is 16.2. The Balaban J connectivity index is 1.69. The Labute approximate surface area is 195 Å². The third-order valence-electron chi connectivity index (χ3n) is 5.72. The number of ether oxygens (including phenoxy) is 2. The Morgan fingerprint density at radius 2 is 2.06 bits per heavy atom. The molecule has 34 heavy (non-hydrogen) atoms. The van der Waals surface area contributed by atoms with Crippen molar-refractivity contribution in [2.24, 2.45) is 11.5 Å². The van der Waals surface area contributed by atoms with Gasteiger partial charge in [0.1, 0.15) is 30.1 Å². The Morgan fingerprint density at radius 1 is 1.29 bits per heavy atom. The number of nitrogens with zero attached hydrogens (tertiary/aromatic N) is 4. The summed E-state index contributed by atoms with van der Waals surface area (Å²) in [5.74, 6) is -0.472. The molecule has 0 bridgehead atoms. The number of imidazole rings is 1. The molecule has 1 fully saturated rings. The zero-order chi connectivity index (χ0) is 24.8. The maximum absolute atomic E-state index is 11.7. The minimum atomic E-state index is -1.24. The molecule has 1 saturated heterocycles. The quantitative estimate of drug-likeness (QED) is 0.0698. The van der Waals surface area contributed by atoms with Gasteiger partial charge in [0.25, 0.3) is 0 Å². The molecule has 0 aromatic carbocycles. The number of aromatic nitrogens is 4. The number of guanidine groups is 1. The van der Waals surface area contributed by atoms with Crippen LogP contribution in [0.15, 0.2) is 12.7 Å². The van der Waals surface area contributed by atoms with Crippen molar-refractivity contribution in [2.45, 2.75) is 55.9 Å². The fraction of sp³-hybridized carbons (Fsp3) is 0.632. The minimum absolute atomic E-state index is 0.149. The number of esters is 1. The lowest BCUT2D eigenvalue weighted by Gasteiger charge is -2.24. The summed E-state index contributed by atoms with van der Waals surface area (Å²) in [4.78, 5) is 23.9. The van der Waals surface area contributed by atoms with Crippen LogP contribution in [0.2, 0.25) is 0 Å². The van der Waals surface area contributed by atoms with Gasteiger partial charge in [0.05, 0.1) is 19.5 Å². The van der Waals surface area contributed by atoms with Crippen LogP contribution in [0.3, 0.4) is 0 Å². The van der Waals surface area contributed by atoms with Crippen molar-refractivity contribution in [3.8, 4) is 0 Å². The van der Waals surface area contributed by atoms with Crippen molar-refractivity contribution in [2.75, 3.05) is 25.9 Å². The molecule has 15 heteroatoms. The van der Waals surface area contributed by atoms with E-state index in [0.29, 0.717) is 43.5 Å². The molecular weight excluding hydrogens is 448 g/mol. The number of aliphatic hydroxyl groups excluding tert-OH is 2. The van der Waals surface area contributed by atoms with Gasteiger partial charge in [0.2, 0.25) is 0 Å². The molecule has 0 spiro atoms. The molecule has 0 amide bonds. The van der Waals surface area contributed by atoms with Gasteiger partial charge in [-0.05, 0) is 19.3 Å². The fourth-order valence-corrected chi connectivity index (χ4v) is 3.92. The average molecular weight is 481 g/mol. The van der Waals surface area contributed by atoms with Crippen molar-refractivity contribution >= 4 is 28.9 Å². The number of rotatable bonds is 11. The molecule has 3 rings (SSSR count). The number of nitrogen functional groups attached to an aromatic ring is 1. The molecule has 11 N–H and O–H groups in total. The monoisotopic (exact) mass is 480 g/mol. The summed E-state index contributed by atoms with van der Waals surface area (Å²) < 4.78 is 12.2. The number of carbonyl (C=O) groups is 1. The van der Waals surface area contributed by atoms with Crippen molar-refractivity contribution < 1.29 is 24.5 Å². The van der Waals surface area contributed by atoms with Crippen LogP contribution in [0.5, 0.6) is 0 Å². The number of aliphatic hydroxyl groups is 2. The van der Waals surface area contributed by atoms with Gasteiger partial charge in [0, 0.05) is 19.1 Å². The molecule has 0 radical (unpaired) electrons. The van der Waals surface area contributed by atoms with Gasteiger partial charge in [-0.2, -0.15) is 0 Å². The van der Waals surface area contributed by atoms with Gasteiger partial charge < -0.3 is 47.5 Å². The van der Waals surface area contributed by atoms with Crippen LogP contribution in [0.25, 0.3) is 11.2 Å². The zero-order valence-corrected chi connectivity index (χ0v) is 18.8. The second-order valence-electron chi connectivity index (χ2n) is 8.06. The molecule has 6 atom stereocenters. The van der Waals surface area contributed by atoms with Crippen molar-refractivity contribution in [3.63, 3.8) is 0 Å². The van der Waals surface area contributed by atoms with Gasteiger partial charge in [-0.15, -0.1) is 0 Å². The van der Waals surface area contributed by atoms with E-state index in [0.717, 1.165) is 0 Å². The summed E-state index contributed by atoms with van der Waals surface area (Å²) >= 11 is 0. The number of carbonyl (C=O) groups excluding carboxylic acids is 1. The second kappa shape index (κ2) is 11.3. The van der Waals surface area contributed by atoms with Crippen LogP contribution in [0.1, 0.15) is 25.5 Å². The lowest BCUT2D eigenvalue weighted by atomic mass is 9.98. The molecule has 0 saturated carbocycles. The largest absolute Gasteiger partial charge is 0.468 e. The van der Waals surface area contributed by atoms with Crippen LogP contribution in [0, 0.1) is 5.41 Å². The van der Waals surface area contributed by atoms with E-state index < -0.39 is 36.6 Å². The van der Waals surface area contributed by atoms with E-state index in [1.807, 2.05) is 0 Å². The smallest absolute Gasteiger partial charge is 0.322 e. The van der Waals surface area contributed by atoms with Gasteiger partial charge in [-0.25, -0.2) is 15.0 Å². The highest BCUT2D eigenvalue weighted by molar-refractivity contribution is 5.81. The second-order valence-corrected chi connectivity index (χ2v) is 8.06. The normalized spacial score (nSPS) is 24.1. The molecule has 188 valence electrons. The fourth-order valence-electron chi connectivity index (χ4n) is 3.92. The predicted molar refractivity (Wildman–Crippen MR) is 121 cm³/mol. The Kier molecular flexibility index (Phi) is 8.51. The Morgan fingerprint density at radius 3 is 2.76 bits per heavy atom. The molecule has 0 aliphatic carbocycles. The Hall–Kier alpha value is -3.11. The summed E-state index contributed by atoms with van der Waals surface area (Å²) in [5.41, 5.74) is 17.7. The van der Waals surface area contributed by atoms with E-state index in [1.54, 1.807) is 0 Å². The third kappa shape index (κ3) is 5.87. The third-order valence-corrected chi connectivity index (χ3v) is 5.72. The highest BCUT2D eigenvalue weighted by Crippen LogP contribution is 2.34. The Bertz CT molecular complexity index is 988. The number of anilines is 1. The summed E-state index contributed by atoms with van der Waals surface area (Å²) in [6, 6.07) is -1.02. The van der Waals surface area contributed by atoms with Gasteiger partial charge in [-0.3, -0.25) is 14.8 Å². The van der Waals surface area contributed by atoms with Crippen molar-refractivity contribution in [3.05, 3.63) is 12.7 Å². The van der Waals surface area contributed by atoms with Crippen LogP contribution in [-0.2, 0) is 14.3 Å².